The first-order valence-corrected chi connectivity index (χ1v) is 10.2. The number of H-pyrrole nitrogens is 1. The van der Waals surface area contributed by atoms with Gasteiger partial charge in [0.05, 0.1) is 31.8 Å². The van der Waals surface area contributed by atoms with Crippen LogP contribution in [0.2, 0.25) is 0 Å². The molecule has 35 heavy (non-hydrogen) atoms. The largest absolute Gasteiger partial charge is 0.476 e. The summed E-state index contributed by atoms with van der Waals surface area (Å²) >= 11 is 0. The zero-order valence-corrected chi connectivity index (χ0v) is 19.1. The van der Waals surface area contributed by atoms with Gasteiger partial charge in [-0.05, 0) is 24.3 Å². The Morgan fingerprint density at radius 1 is 0.800 bits per heavy atom. The van der Waals surface area contributed by atoms with Crippen LogP contribution in [0.4, 0.5) is 13.2 Å². The molecule has 0 spiro atoms. The van der Waals surface area contributed by atoms with Crippen LogP contribution in [0.3, 0.4) is 0 Å². The predicted octanol–water partition coefficient (Wildman–Crippen LogP) is 3.23. The van der Waals surface area contributed by atoms with Gasteiger partial charge in [-0.2, -0.15) is 9.49 Å². The van der Waals surface area contributed by atoms with Crippen molar-refractivity contribution in [1.82, 2.24) is 29.9 Å². The van der Waals surface area contributed by atoms with Crippen molar-refractivity contribution in [3.05, 3.63) is 78.8 Å². The van der Waals surface area contributed by atoms with Gasteiger partial charge in [0.25, 0.3) is 0 Å². The van der Waals surface area contributed by atoms with Crippen molar-refractivity contribution in [2.45, 2.75) is 0 Å². The minimum Gasteiger partial charge on any atom is -0.476 e. The third-order valence-corrected chi connectivity index (χ3v) is 3.76. The number of aromatic amines is 1. The number of halogens is 3. The van der Waals surface area contributed by atoms with Crippen molar-refractivity contribution < 1.29 is 32.1 Å². The molecule has 10 nitrogen and oxygen atoms in total. The molecule has 0 fully saturated rings. The Morgan fingerprint density at radius 3 is 2.03 bits per heavy atom. The highest BCUT2D eigenvalue weighted by Crippen LogP contribution is 2.10. The van der Waals surface area contributed by atoms with E-state index in [1.807, 2.05) is 0 Å². The van der Waals surface area contributed by atoms with E-state index < -0.39 is 11.8 Å². The molecule has 0 saturated carbocycles. The highest BCUT2D eigenvalue weighted by atomic mass is 19.1. The number of rotatable bonds is 9. The van der Waals surface area contributed by atoms with Crippen LogP contribution in [-0.4, -0.2) is 70.6 Å². The lowest BCUT2D eigenvalue weighted by Crippen LogP contribution is -2.05. The number of hydrogen-bond acceptors (Lipinski definition) is 8. The number of hydrogen-bond donors (Lipinski definition) is 1. The monoisotopic (exact) mass is 494 g/mol. The maximum atomic E-state index is 12.7. The second-order valence-electron chi connectivity index (χ2n) is 6.34. The first-order chi connectivity index (χ1) is 17.0. The van der Waals surface area contributed by atoms with E-state index in [1.165, 1.54) is 10.7 Å². The minimum absolute atomic E-state index is 0.377. The van der Waals surface area contributed by atoms with Crippen LogP contribution in [0.15, 0.2) is 61.2 Å². The fraction of sp³-hybridized carbons (Fsp3) is 0.273. The summed E-state index contributed by atoms with van der Waals surface area (Å²) in [5.74, 6) is 0.133. The van der Waals surface area contributed by atoms with E-state index in [4.69, 9.17) is 18.9 Å². The van der Waals surface area contributed by atoms with E-state index in [-0.39, 0.29) is 5.82 Å². The Morgan fingerprint density at radius 2 is 1.49 bits per heavy atom. The summed E-state index contributed by atoms with van der Waals surface area (Å²) in [5, 5.41) is 10.5. The number of pyridine rings is 2. The third kappa shape index (κ3) is 11.1. The molecule has 0 aromatic carbocycles. The van der Waals surface area contributed by atoms with Crippen LogP contribution in [0.25, 0.3) is 5.82 Å². The Balaban J connectivity index is 0.000000204. The van der Waals surface area contributed by atoms with E-state index in [0.29, 0.717) is 44.0 Å². The molecule has 0 unspecified atom stereocenters. The standard InChI is InChI=1S/C11H12FN3O2.C6H10N2O2.C5H3F2N/c1-16-6-7-17-11-4-5-15(14-11)10-3-2-9(12)8-13-10;1-9-4-5-10-6-2-3-7-8-6;6-4-1-2-5(7)8-3-4/h2-5,8H,6-7H2,1H3;2-3H,4-5H2,1H3,(H,7,8);1-3H. The molecule has 0 amide bonds. The lowest BCUT2D eigenvalue weighted by Gasteiger charge is -2.01. The molecular formula is C22H25F3N6O4. The number of nitrogens with one attached hydrogen (secondary N) is 1. The van der Waals surface area contributed by atoms with Gasteiger partial charge < -0.3 is 18.9 Å². The fourth-order valence-corrected chi connectivity index (χ4v) is 2.16. The van der Waals surface area contributed by atoms with Crippen molar-refractivity contribution in [3.8, 4) is 17.6 Å². The molecule has 0 aliphatic heterocycles. The molecule has 4 aromatic rings. The summed E-state index contributed by atoms with van der Waals surface area (Å²) in [6.07, 6.45) is 5.31. The number of aromatic nitrogens is 6. The third-order valence-electron chi connectivity index (χ3n) is 3.76. The van der Waals surface area contributed by atoms with Gasteiger partial charge in [-0.3, -0.25) is 0 Å². The molecule has 0 saturated heterocycles. The molecule has 4 rings (SSSR count). The Labute approximate surface area is 199 Å². The van der Waals surface area contributed by atoms with Crippen molar-refractivity contribution in [2.75, 3.05) is 40.6 Å². The summed E-state index contributed by atoms with van der Waals surface area (Å²) in [6, 6.07) is 8.32. The highest BCUT2D eigenvalue weighted by molar-refractivity contribution is 5.22. The smallest absolute Gasteiger partial charge is 0.233 e. The van der Waals surface area contributed by atoms with E-state index in [2.05, 4.69) is 25.3 Å². The second-order valence-corrected chi connectivity index (χ2v) is 6.34. The Hall–Kier alpha value is -3.97. The molecule has 0 atom stereocenters. The molecular weight excluding hydrogens is 469 g/mol. The van der Waals surface area contributed by atoms with Crippen LogP contribution < -0.4 is 9.47 Å². The van der Waals surface area contributed by atoms with Crippen molar-refractivity contribution >= 4 is 0 Å². The Kier molecular flexibility index (Phi) is 12.3. The first-order valence-electron chi connectivity index (χ1n) is 10.2. The van der Waals surface area contributed by atoms with Gasteiger partial charge in [0, 0.05) is 32.5 Å². The zero-order valence-electron chi connectivity index (χ0n) is 19.1. The van der Waals surface area contributed by atoms with Gasteiger partial charge in [0.2, 0.25) is 17.7 Å². The minimum atomic E-state index is -0.661. The number of methoxy groups -OCH3 is 2. The van der Waals surface area contributed by atoms with E-state index >= 15 is 0 Å². The predicted molar refractivity (Wildman–Crippen MR) is 119 cm³/mol. The average molecular weight is 494 g/mol. The van der Waals surface area contributed by atoms with E-state index in [9.17, 15) is 13.2 Å². The molecule has 0 radical (unpaired) electrons. The SMILES string of the molecule is COCCOc1ccn(-c2ccc(F)cn2)n1.COCCOc1ccn[nH]1.Fc1ccc(F)nc1. The van der Waals surface area contributed by atoms with E-state index in [0.717, 1.165) is 24.5 Å². The fourth-order valence-electron chi connectivity index (χ4n) is 2.16. The summed E-state index contributed by atoms with van der Waals surface area (Å²) in [7, 11) is 3.24. The molecule has 4 aromatic heterocycles. The van der Waals surface area contributed by atoms with Crippen LogP contribution in [-0.2, 0) is 9.47 Å². The molecule has 1 N–H and O–H groups in total. The first kappa shape index (κ1) is 27.3. The van der Waals surface area contributed by atoms with Gasteiger partial charge in [-0.15, -0.1) is 5.10 Å². The van der Waals surface area contributed by atoms with Gasteiger partial charge >= 0.3 is 0 Å². The lowest BCUT2D eigenvalue weighted by molar-refractivity contribution is 0.143. The number of ether oxygens (including phenoxy) is 4. The summed E-state index contributed by atoms with van der Waals surface area (Å²) in [5.41, 5.74) is 0. The summed E-state index contributed by atoms with van der Waals surface area (Å²) in [6.45, 7) is 2.09. The van der Waals surface area contributed by atoms with E-state index in [1.54, 1.807) is 44.8 Å². The van der Waals surface area contributed by atoms with Gasteiger partial charge in [-0.25, -0.2) is 28.5 Å². The normalized spacial score (nSPS) is 9.97. The van der Waals surface area contributed by atoms with Crippen molar-refractivity contribution in [2.24, 2.45) is 0 Å². The molecule has 0 bridgehead atoms. The maximum Gasteiger partial charge on any atom is 0.233 e. The Bertz CT molecular complexity index is 1040. The maximum absolute atomic E-state index is 12.7. The van der Waals surface area contributed by atoms with Gasteiger partial charge in [-0.1, -0.05) is 0 Å². The summed E-state index contributed by atoms with van der Waals surface area (Å²) in [4.78, 5) is 6.94. The van der Waals surface area contributed by atoms with Crippen molar-refractivity contribution in [1.29, 1.82) is 0 Å². The molecule has 0 aliphatic carbocycles. The molecule has 13 heteroatoms. The van der Waals surface area contributed by atoms with Crippen LogP contribution in [0, 0.1) is 17.6 Å². The molecule has 0 aliphatic rings. The van der Waals surface area contributed by atoms with Crippen LogP contribution in [0.5, 0.6) is 11.8 Å². The van der Waals surface area contributed by atoms with Crippen LogP contribution >= 0.6 is 0 Å². The van der Waals surface area contributed by atoms with Crippen LogP contribution in [0.1, 0.15) is 0 Å². The highest BCUT2D eigenvalue weighted by Gasteiger charge is 2.03. The summed E-state index contributed by atoms with van der Waals surface area (Å²) < 4.78 is 58.0. The quantitative estimate of drug-likeness (QED) is 0.279. The van der Waals surface area contributed by atoms with Gasteiger partial charge in [0.15, 0.2) is 5.82 Å². The average Bonchev–Trinajstić information content (AvgIpc) is 3.55. The topological polar surface area (TPSA) is 109 Å². The zero-order chi connectivity index (χ0) is 25.3. The van der Waals surface area contributed by atoms with Gasteiger partial charge in [0.1, 0.15) is 24.8 Å². The van der Waals surface area contributed by atoms with Crippen molar-refractivity contribution in [3.63, 3.8) is 0 Å². The molecule has 188 valence electrons. The second kappa shape index (κ2) is 15.8. The lowest BCUT2D eigenvalue weighted by atomic mass is 10.4. The number of nitrogens with zero attached hydrogens (tertiary/aromatic N) is 5. The molecule has 4 heterocycles.